The van der Waals surface area contributed by atoms with Crippen LogP contribution in [-0.4, -0.2) is 12.5 Å². The van der Waals surface area contributed by atoms with Crippen molar-refractivity contribution in [3.8, 4) is 5.75 Å². The Kier molecular flexibility index (Phi) is 4.49. The molecule has 0 aromatic heterocycles. The van der Waals surface area contributed by atoms with E-state index in [2.05, 4.69) is 13.8 Å². The summed E-state index contributed by atoms with van der Waals surface area (Å²) < 4.78 is 5.83. The molecule has 1 heterocycles. The summed E-state index contributed by atoms with van der Waals surface area (Å²) in [6.07, 6.45) is 1.72. The van der Waals surface area contributed by atoms with Gasteiger partial charge in [0.2, 0.25) is 0 Å². The van der Waals surface area contributed by atoms with Crippen LogP contribution in [0.3, 0.4) is 0 Å². The topological polar surface area (TPSA) is 55.6 Å². The molecule has 0 spiro atoms. The summed E-state index contributed by atoms with van der Waals surface area (Å²) in [6.45, 7) is 4.75. The number of nitrogen functional groups attached to an aromatic ring is 1. The Morgan fingerprint density at radius 2 is 1.92 bits per heavy atom. The number of nitrogens with zero attached hydrogens (tertiary/aromatic N) is 1. The normalized spacial score (nSPS) is 15.6. The summed E-state index contributed by atoms with van der Waals surface area (Å²) in [7, 11) is 0. The molecule has 0 atom stereocenters. The lowest BCUT2D eigenvalue weighted by Gasteiger charge is -2.31. The van der Waals surface area contributed by atoms with E-state index in [1.807, 2.05) is 18.2 Å². The molecule has 2 N–H and O–H groups in total. The summed E-state index contributed by atoms with van der Waals surface area (Å²) in [6, 6.07) is 12.6. The van der Waals surface area contributed by atoms with Gasteiger partial charge in [-0.15, -0.1) is 0 Å². The van der Waals surface area contributed by atoms with Crippen molar-refractivity contribution < 1.29 is 9.53 Å². The van der Waals surface area contributed by atoms with Crippen molar-refractivity contribution in [3.63, 3.8) is 0 Å². The minimum absolute atomic E-state index is 0.157. The molecule has 5 heteroatoms. The molecule has 0 bridgehead atoms. The van der Waals surface area contributed by atoms with E-state index in [0.29, 0.717) is 28.9 Å². The highest BCUT2D eigenvalue weighted by molar-refractivity contribution is 6.30. The lowest BCUT2D eigenvalue weighted by Crippen LogP contribution is -2.39. The Labute approximate surface area is 146 Å². The second-order valence-electron chi connectivity index (χ2n) is 6.20. The van der Waals surface area contributed by atoms with Crippen molar-refractivity contribution in [3.05, 3.63) is 58.8 Å². The van der Waals surface area contributed by atoms with E-state index in [9.17, 15) is 4.79 Å². The lowest BCUT2D eigenvalue weighted by atomic mass is 10.1. The summed E-state index contributed by atoms with van der Waals surface area (Å²) in [5, 5.41) is 0.646. The number of amides is 1. The van der Waals surface area contributed by atoms with E-state index < -0.39 is 0 Å². The Morgan fingerprint density at radius 1 is 1.21 bits per heavy atom. The first kappa shape index (κ1) is 16.4. The second-order valence-corrected chi connectivity index (χ2v) is 6.64. The van der Waals surface area contributed by atoms with Gasteiger partial charge in [-0.3, -0.25) is 4.79 Å². The number of carbonyl (C=O) groups is 1. The Balaban J connectivity index is 2.03. The predicted molar refractivity (Wildman–Crippen MR) is 98.1 cm³/mol. The largest absolute Gasteiger partial charge is 0.449 e. The third kappa shape index (κ3) is 3.39. The Hall–Kier alpha value is -2.46. The summed E-state index contributed by atoms with van der Waals surface area (Å²) in [4.78, 5) is 14.6. The van der Waals surface area contributed by atoms with Crippen molar-refractivity contribution >= 4 is 35.0 Å². The Bertz CT molecular complexity index is 798. The molecule has 124 valence electrons. The number of fused-ring (bicyclic) bond motifs is 1. The number of halogens is 1. The fourth-order valence-corrected chi connectivity index (χ4v) is 2.71. The van der Waals surface area contributed by atoms with E-state index in [4.69, 9.17) is 22.1 Å². The van der Waals surface area contributed by atoms with E-state index in [-0.39, 0.29) is 11.7 Å². The first-order chi connectivity index (χ1) is 11.4. The molecule has 1 amide bonds. The van der Waals surface area contributed by atoms with Gasteiger partial charge in [0.15, 0.2) is 11.5 Å². The number of hydrogen-bond acceptors (Lipinski definition) is 3. The number of ether oxygens (including phenoxy) is 1. The average Bonchev–Trinajstić information content (AvgIpc) is 2.53. The van der Waals surface area contributed by atoms with Crippen molar-refractivity contribution in [2.45, 2.75) is 13.8 Å². The molecule has 2 aromatic carbocycles. The molecule has 0 saturated carbocycles. The molecule has 2 aromatic rings. The molecule has 24 heavy (non-hydrogen) atoms. The van der Waals surface area contributed by atoms with Crippen LogP contribution in [0.4, 0.5) is 11.4 Å². The smallest absolute Gasteiger partial charge is 0.294 e. The molecule has 0 radical (unpaired) electrons. The first-order valence-electron chi connectivity index (χ1n) is 7.80. The Morgan fingerprint density at radius 3 is 2.58 bits per heavy atom. The van der Waals surface area contributed by atoms with Gasteiger partial charge in [0.05, 0.1) is 5.69 Å². The first-order valence-corrected chi connectivity index (χ1v) is 8.18. The van der Waals surface area contributed by atoms with E-state index in [1.165, 1.54) is 0 Å². The highest BCUT2D eigenvalue weighted by atomic mass is 35.5. The maximum atomic E-state index is 12.9. The van der Waals surface area contributed by atoms with Gasteiger partial charge in [0.1, 0.15) is 0 Å². The van der Waals surface area contributed by atoms with E-state index in [1.54, 1.807) is 35.2 Å². The molecule has 4 nitrogen and oxygen atoms in total. The molecule has 0 saturated heterocycles. The molecule has 0 unspecified atom stereocenters. The van der Waals surface area contributed by atoms with Gasteiger partial charge in [0.25, 0.3) is 5.91 Å². The third-order valence-corrected chi connectivity index (χ3v) is 3.92. The molecular weight excluding hydrogens is 324 g/mol. The standard InChI is InChI=1S/C19H19ClN2O2/c1-12(2)11-22-16-8-7-15(21)10-17(16)24-18(19(22)23)9-13-3-5-14(20)6-4-13/h3-10,12H,11,21H2,1-2H3/b18-9+. The summed E-state index contributed by atoms with van der Waals surface area (Å²) in [5.41, 5.74) is 8.05. The van der Waals surface area contributed by atoms with E-state index >= 15 is 0 Å². The average molecular weight is 343 g/mol. The fourth-order valence-electron chi connectivity index (χ4n) is 2.59. The minimum Gasteiger partial charge on any atom is -0.449 e. The van der Waals surface area contributed by atoms with E-state index in [0.717, 1.165) is 11.3 Å². The third-order valence-electron chi connectivity index (χ3n) is 3.67. The molecule has 0 aliphatic carbocycles. The van der Waals surface area contributed by atoms with Crippen LogP contribution >= 0.6 is 11.6 Å². The number of rotatable bonds is 3. The van der Waals surface area contributed by atoms with Crippen LogP contribution in [0.1, 0.15) is 19.4 Å². The zero-order valence-corrected chi connectivity index (χ0v) is 14.4. The summed E-state index contributed by atoms with van der Waals surface area (Å²) >= 11 is 5.91. The van der Waals surface area contributed by atoms with Gasteiger partial charge in [-0.2, -0.15) is 0 Å². The number of carbonyl (C=O) groups excluding carboxylic acids is 1. The zero-order chi connectivity index (χ0) is 17.3. The maximum Gasteiger partial charge on any atom is 0.294 e. The lowest BCUT2D eigenvalue weighted by molar-refractivity contribution is -0.117. The maximum absolute atomic E-state index is 12.9. The van der Waals surface area contributed by atoms with Gasteiger partial charge in [-0.1, -0.05) is 37.6 Å². The second kappa shape index (κ2) is 6.57. The number of benzene rings is 2. The fraction of sp³-hybridized carbons (Fsp3) is 0.211. The highest BCUT2D eigenvalue weighted by Gasteiger charge is 2.30. The van der Waals surface area contributed by atoms with Gasteiger partial charge in [-0.05, 0) is 41.8 Å². The number of nitrogens with two attached hydrogens (primary N) is 1. The van der Waals surface area contributed by atoms with Crippen LogP contribution in [0.15, 0.2) is 48.2 Å². The van der Waals surface area contributed by atoms with Crippen molar-refractivity contribution in [1.82, 2.24) is 0 Å². The van der Waals surface area contributed by atoms with Gasteiger partial charge < -0.3 is 15.4 Å². The van der Waals surface area contributed by atoms with Gasteiger partial charge in [-0.25, -0.2) is 0 Å². The number of hydrogen-bond donors (Lipinski definition) is 1. The van der Waals surface area contributed by atoms with Crippen molar-refractivity contribution in [1.29, 1.82) is 0 Å². The van der Waals surface area contributed by atoms with Crippen molar-refractivity contribution in [2.75, 3.05) is 17.2 Å². The quantitative estimate of drug-likeness (QED) is 0.666. The van der Waals surface area contributed by atoms with Crippen molar-refractivity contribution in [2.24, 2.45) is 5.92 Å². The van der Waals surface area contributed by atoms with Crippen LogP contribution in [-0.2, 0) is 4.79 Å². The van der Waals surface area contributed by atoms with Gasteiger partial charge >= 0.3 is 0 Å². The molecule has 1 aliphatic rings. The van der Waals surface area contributed by atoms with Gasteiger partial charge in [0, 0.05) is 23.3 Å². The van der Waals surface area contributed by atoms with Crippen LogP contribution in [0, 0.1) is 5.92 Å². The minimum atomic E-state index is -0.157. The van der Waals surface area contributed by atoms with Crippen LogP contribution < -0.4 is 15.4 Å². The monoisotopic (exact) mass is 342 g/mol. The molecule has 3 rings (SSSR count). The SMILES string of the molecule is CC(C)CN1C(=O)/C(=C\c2ccc(Cl)cc2)Oc2cc(N)ccc21. The van der Waals surface area contributed by atoms with Crippen LogP contribution in [0.25, 0.3) is 6.08 Å². The molecular formula is C19H19ClN2O2. The van der Waals surface area contributed by atoms with Crippen LogP contribution in [0.2, 0.25) is 5.02 Å². The predicted octanol–water partition coefficient (Wildman–Crippen LogP) is 4.34. The molecule has 0 fully saturated rings. The summed E-state index contributed by atoms with van der Waals surface area (Å²) in [5.74, 6) is 1.04. The highest BCUT2D eigenvalue weighted by Crippen LogP contribution is 2.37. The molecule has 1 aliphatic heterocycles. The zero-order valence-electron chi connectivity index (χ0n) is 13.6. The van der Waals surface area contributed by atoms with Crippen LogP contribution in [0.5, 0.6) is 5.75 Å². The number of anilines is 2.